The summed E-state index contributed by atoms with van der Waals surface area (Å²) in [6.07, 6.45) is 2.52. The van der Waals surface area contributed by atoms with E-state index < -0.39 is 7.92 Å². The lowest BCUT2D eigenvalue weighted by Gasteiger charge is -2.18. The molecule has 0 heterocycles. The molecule has 0 spiro atoms. The Hall–Kier alpha value is -1.48. The van der Waals surface area contributed by atoms with E-state index >= 15 is 0 Å². The van der Waals surface area contributed by atoms with E-state index in [0.717, 1.165) is 0 Å². The molecule has 1 unspecified atom stereocenters. The molecule has 0 aromatic heterocycles. The van der Waals surface area contributed by atoms with Crippen LogP contribution in [-0.4, -0.2) is 5.16 Å². The molecule has 2 heteroatoms. The van der Waals surface area contributed by atoms with Crippen LogP contribution in [-0.2, 0) is 0 Å². The largest absolute Gasteiger partial charge is 0.131 e. The minimum absolute atomic E-state index is 0.446. The van der Waals surface area contributed by atoms with Gasteiger partial charge in [-0.2, -0.15) is 0 Å². The molecule has 0 amide bonds. The van der Waals surface area contributed by atoms with Crippen molar-refractivity contribution in [3.63, 3.8) is 0 Å². The highest BCUT2D eigenvalue weighted by Crippen LogP contribution is 2.32. The number of hydrogen-bond donors (Lipinski definition) is 0. The molecule has 3 aromatic carbocycles. The van der Waals surface area contributed by atoms with Gasteiger partial charge in [0.05, 0.1) is 0 Å². The third-order valence-corrected chi connectivity index (χ3v) is 7.92. The predicted molar refractivity (Wildman–Crippen MR) is 124 cm³/mol. The zero-order valence-electron chi connectivity index (χ0n) is 16.1. The summed E-state index contributed by atoms with van der Waals surface area (Å²) in [6.45, 7) is 6.70. The van der Waals surface area contributed by atoms with Crippen molar-refractivity contribution < 1.29 is 0 Å². The van der Waals surface area contributed by atoms with Gasteiger partial charge in [-0.15, -0.1) is 9.24 Å². The van der Waals surface area contributed by atoms with Crippen molar-refractivity contribution in [1.82, 2.24) is 0 Å². The van der Waals surface area contributed by atoms with Crippen LogP contribution in [0.15, 0.2) is 91.0 Å². The Labute approximate surface area is 163 Å². The van der Waals surface area contributed by atoms with Gasteiger partial charge in [-0.25, -0.2) is 0 Å². The SMILES string of the molecule is CCC(C)(P)CC.c1ccc(P(c2ccccc2)c2ccccc2)cc1. The summed E-state index contributed by atoms with van der Waals surface area (Å²) in [5.41, 5.74) is 0. The number of hydrogen-bond acceptors (Lipinski definition) is 0. The molecule has 0 nitrogen and oxygen atoms in total. The molecule has 1 atom stereocenters. The first-order valence-corrected chi connectivity index (χ1v) is 11.2. The molecule has 0 N–H and O–H groups in total. The molecule has 136 valence electrons. The fraction of sp³-hybridized carbons (Fsp3) is 0.250. The van der Waals surface area contributed by atoms with Crippen LogP contribution in [0.4, 0.5) is 0 Å². The van der Waals surface area contributed by atoms with E-state index in [1.54, 1.807) is 0 Å². The van der Waals surface area contributed by atoms with E-state index in [2.05, 4.69) is 121 Å². The predicted octanol–water partition coefficient (Wildman–Crippen LogP) is 5.89. The first-order chi connectivity index (χ1) is 12.6. The average molecular weight is 380 g/mol. The van der Waals surface area contributed by atoms with Crippen LogP contribution in [0.25, 0.3) is 0 Å². The smallest absolute Gasteiger partial charge is 0.0134 e. The van der Waals surface area contributed by atoms with Gasteiger partial charge in [0, 0.05) is 0 Å². The van der Waals surface area contributed by atoms with Crippen molar-refractivity contribution in [3.05, 3.63) is 91.0 Å². The molecule has 0 aliphatic rings. The maximum Gasteiger partial charge on any atom is -0.0134 e. The summed E-state index contributed by atoms with van der Waals surface area (Å²) in [7, 11) is 2.42. The van der Waals surface area contributed by atoms with Gasteiger partial charge in [0.25, 0.3) is 0 Å². The first kappa shape index (κ1) is 20.8. The molecule has 0 bridgehead atoms. The summed E-state index contributed by atoms with van der Waals surface area (Å²) in [4.78, 5) is 0. The monoisotopic (exact) mass is 380 g/mol. The van der Waals surface area contributed by atoms with Crippen molar-refractivity contribution in [2.45, 2.75) is 38.8 Å². The summed E-state index contributed by atoms with van der Waals surface area (Å²) in [5.74, 6) is 0. The highest BCUT2D eigenvalue weighted by Gasteiger charge is 2.15. The Morgan fingerprint density at radius 2 is 0.885 bits per heavy atom. The lowest BCUT2D eigenvalue weighted by atomic mass is 10.1. The molecule has 0 aliphatic heterocycles. The van der Waals surface area contributed by atoms with Gasteiger partial charge in [0.15, 0.2) is 0 Å². The minimum atomic E-state index is -0.446. The third-order valence-electron chi connectivity index (χ3n) is 4.66. The summed E-state index contributed by atoms with van der Waals surface area (Å²) in [5, 5.41) is 4.69. The Kier molecular flexibility index (Phi) is 8.50. The van der Waals surface area contributed by atoms with E-state index in [1.807, 2.05) is 0 Å². The van der Waals surface area contributed by atoms with E-state index in [1.165, 1.54) is 28.8 Å². The van der Waals surface area contributed by atoms with Crippen molar-refractivity contribution in [1.29, 1.82) is 0 Å². The number of rotatable bonds is 5. The Morgan fingerprint density at radius 3 is 1.08 bits per heavy atom. The fourth-order valence-corrected chi connectivity index (χ4v) is 4.73. The lowest BCUT2D eigenvalue weighted by molar-refractivity contribution is 0.599. The van der Waals surface area contributed by atoms with E-state index in [4.69, 9.17) is 0 Å². The Bertz CT molecular complexity index is 637. The van der Waals surface area contributed by atoms with Gasteiger partial charge in [0.1, 0.15) is 0 Å². The van der Waals surface area contributed by atoms with Crippen molar-refractivity contribution in [2.24, 2.45) is 0 Å². The van der Waals surface area contributed by atoms with E-state index in [9.17, 15) is 0 Å². The van der Waals surface area contributed by atoms with E-state index in [0.29, 0.717) is 5.16 Å². The zero-order valence-corrected chi connectivity index (χ0v) is 18.1. The van der Waals surface area contributed by atoms with Gasteiger partial charge in [-0.3, -0.25) is 0 Å². The molecule has 0 saturated carbocycles. The van der Waals surface area contributed by atoms with Crippen LogP contribution in [0.3, 0.4) is 0 Å². The van der Waals surface area contributed by atoms with Crippen LogP contribution < -0.4 is 15.9 Å². The van der Waals surface area contributed by atoms with Gasteiger partial charge in [-0.05, 0) is 41.8 Å². The second-order valence-electron chi connectivity index (χ2n) is 6.70. The molecule has 26 heavy (non-hydrogen) atoms. The molecule has 0 saturated heterocycles. The van der Waals surface area contributed by atoms with Crippen LogP contribution in [0.1, 0.15) is 33.6 Å². The normalized spacial score (nSPS) is 11.0. The lowest BCUT2D eigenvalue weighted by Crippen LogP contribution is -2.20. The second-order valence-corrected chi connectivity index (χ2v) is 10.3. The quantitative estimate of drug-likeness (QED) is 0.485. The molecular weight excluding hydrogens is 350 g/mol. The van der Waals surface area contributed by atoms with Gasteiger partial charge in [0.2, 0.25) is 0 Å². The summed E-state index contributed by atoms with van der Waals surface area (Å²) >= 11 is 0. The van der Waals surface area contributed by atoms with E-state index in [-0.39, 0.29) is 0 Å². The minimum Gasteiger partial charge on any atom is -0.131 e. The number of benzene rings is 3. The van der Waals surface area contributed by atoms with Crippen molar-refractivity contribution in [2.75, 3.05) is 0 Å². The van der Waals surface area contributed by atoms with Crippen molar-refractivity contribution in [3.8, 4) is 0 Å². The standard InChI is InChI=1S/C18H15P.C6H15P/c1-4-10-16(11-5-1)19(17-12-6-2-7-13-17)18-14-8-3-9-15-18;1-4-6(3,7)5-2/h1-15H;4-5,7H2,1-3H3. The molecule has 0 fully saturated rings. The molecule has 3 rings (SSSR count). The summed E-state index contributed by atoms with van der Waals surface area (Å²) in [6, 6.07) is 32.3. The highest BCUT2D eigenvalue weighted by molar-refractivity contribution is 7.79. The Morgan fingerprint density at radius 1 is 0.615 bits per heavy atom. The first-order valence-electron chi connectivity index (χ1n) is 9.31. The molecule has 3 aromatic rings. The maximum atomic E-state index is 2.87. The maximum absolute atomic E-state index is 2.87. The van der Waals surface area contributed by atoms with Gasteiger partial charge < -0.3 is 0 Å². The van der Waals surface area contributed by atoms with Crippen LogP contribution in [0.5, 0.6) is 0 Å². The van der Waals surface area contributed by atoms with Crippen LogP contribution in [0, 0.1) is 0 Å². The van der Waals surface area contributed by atoms with Gasteiger partial charge in [-0.1, -0.05) is 112 Å². The zero-order chi connectivity index (χ0) is 18.8. The Balaban J connectivity index is 0.000000298. The molecule has 0 aliphatic carbocycles. The van der Waals surface area contributed by atoms with Gasteiger partial charge >= 0.3 is 0 Å². The summed E-state index contributed by atoms with van der Waals surface area (Å²) < 4.78 is 0. The third kappa shape index (κ3) is 6.35. The molecule has 0 radical (unpaired) electrons. The highest BCUT2D eigenvalue weighted by atomic mass is 31.1. The second kappa shape index (κ2) is 10.6. The molecular formula is C24H30P2. The van der Waals surface area contributed by atoms with Crippen molar-refractivity contribution >= 4 is 33.1 Å². The van der Waals surface area contributed by atoms with Crippen LogP contribution in [0.2, 0.25) is 0 Å². The average Bonchev–Trinajstić information content (AvgIpc) is 2.71. The van der Waals surface area contributed by atoms with Crippen LogP contribution >= 0.6 is 17.2 Å². The fourth-order valence-electron chi connectivity index (χ4n) is 2.43. The topological polar surface area (TPSA) is 0 Å².